The third-order valence-electron chi connectivity index (χ3n) is 4.46. The summed E-state index contributed by atoms with van der Waals surface area (Å²) in [5.74, 6) is 0.879. The van der Waals surface area contributed by atoms with E-state index in [0.29, 0.717) is 0 Å². The molecule has 2 radical (unpaired) electrons. The number of ether oxygens (including phenoxy) is 2. The predicted molar refractivity (Wildman–Crippen MR) is 97.4 cm³/mol. The highest BCUT2D eigenvalue weighted by molar-refractivity contribution is 7.99. The van der Waals surface area contributed by atoms with Crippen molar-refractivity contribution >= 4 is 23.7 Å². The van der Waals surface area contributed by atoms with Crippen molar-refractivity contribution in [3.05, 3.63) is 60.4 Å². The Hall–Kier alpha value is -1.75. The summed E-state index contributed by atoms with van der Waals surface area (Å²) in [5, 5.41) is 0. The van der Waals surface area contributed by atoms with Crippen molar-refractivity contribution < 1.29 is 19.1 Å². The number of benzene rings is 1. The first kappa shape index (κ1) is 18.1. The number of esters is 2. The van der Waals surface area contributed by atoms with Gasteiger partial charge in [-0.3, -0.25) is 9.59 Å². The molecule has 0 N–H and O–H groups in total. The highest BCUT2D eigenvalue weighted by atomic mass is 32.2. The molecular formula is C20H22O4S. The van der Waals surface area contributed by atoms with E-state index in [0.717, 1.165) is 29.1 Å². The van der Waals surface area contributed by atoms with Gasteiger partial charge in [-0.25, -0.2) is 0 Å². The van der Waals surface area contributed by atoms with Crippen LogP contribution in [-0.4, -0.2) is 29.5 Å². The van der Waals surface area contributed by atoms with Gasteiger partial charge in [-0.05, 0) is 30.6 Å². The molecule has 1 aromatic carbocycles. The summed E-state index contributed by atoms with van der Waals surface area (Å²) in [4.78, 5) is 24.6. The molecule has 5 heteroatoms. The minimum atomic E-state index is -0.430. The normalized spacial score (nSPS) is 29.1. The van der Waals surface area contributed by atoms with E-state index in [1.54, 1.807) is 6.92 Å². The van der Waals surface area contributed by atoms with Gasteiger partial charge in [0.1, 0.15) is 12.7 Å². The van der Waals surface area contributed by atoms with Crippen molar-refractivity contribution in [2.45, 2.75) is 26.1 Å². The smallest absolute Gasteiger partial charge is 0.314 e. The summed E-state index contributed by atoms with van der Waals surface area (Å²) >= 11 is 1.82. The molecule has 1 fully saturated rings. The highest BCUT2D eigenvalue weighted by Gasteiger charge is 2.36. The zero-order valence-corrected chi connectivity index (χ0v) is 15.0. The van der Waals surface area contributed by atoms with Gasteiger partial charge in [0.15, 0.2) is 0 Å². The topological polar surface area (TPSA) is 52.6 Å². The van der Waals surface area contributed by atoms with E-state index in [2.05, 4.69) is 0 Å². The van der Waals surface area contributed by atoms with Gasteiger partial charge in [0.05, 0.1) is 12.3 Å². The number of fused-ring (bicyclic) bond motifs is 1. The maximum absolute atomic E-state index is 12.8. The molecule has 3 atom stereocenters. The number of hydrogen-bond acceptors (Lipinski definition) is 5. The van der Waals surface area contributed by atoms with E-state index >= 15 is 0 Å². The van der Waals surface area contributed by atoms with E-state index in [4.69, 9.17) is 9.47 Å². The molecule has 1 aromatic rings. The van der Waals surface area contributed by atoms with Crippen LogP contribution < -0.4 is 0 Å². The maximum Gasteiger partial charge on any atom is 0.314 e. The van der Waals surface area contributed by atoms with Crippen molar-refractivity contribution in [2.75, 3.05) is 11.5 Å². The van der Waals surface area contributed by atoms with Crippen LogP contribution in [0.3, 0.4) is 0 Å². The summed E-state index contributed by atoms with van der Waals surface area (Å²) in [7, 11) is 0. The third kappa shape index (κ3) is 4.88. The molecule has 4 nitrogen and oxygen atoms in total. The van der Waals surface area contributed by atoms with Crippen molar-refractivity contribution in [3.8, 4) is 0 Å². The molecule has 0 spiro atoms. The quantitative estimate of drug-likeness (QED) is 0.776. The molecule has 132 valence electrons. The molecule has 2 aliphatic heterocycles. The molecule has 0 amide bonds. The first-order valence-electron chi connectivity index (χ1n) is 8.51. The van der Waals surface area contributed by atoms with E-state index < -0.39 is 12.0 Å². The van der Waals surface area contributed by atoms with Crippen molar-refractivity contribution in [3.63, 3.8) is 0 Å². The van der Waals surface area contributed by atoms with Crippen LogP contribution in [0.4, 0.5) is 0 Å². The van der Waals surface area contributed by atoms with Gasteiger partial charge >= 0.3 is 11.9 Å². The minimum absolute atomic E-state index is 0.0673. The van der Waals surface area contributed by atoms with Crippen molar-refractivity contribution in [2.24, 2.45) is 11.8 Å². The zero-order chi connectivity index (χ0) is 17.6. The Morgan fingerprint density at radius 3 is 2.92 bits per heavy atom. The van der Waals surface area contributed by atoms with Gasteiger partial charge < -0.3 is 9.47 Å². The van der Waals surface area contributed by atoms with Crippen LogP contribution in [0.5, 0.6) is 0 Å². The molecule has 0 saturated carbocycles. The van der Waals surface area contributed by atoms with Crippen LogP contribution >= 0.6 is 11.8 Å². The molecule has 2 heterocycles. The Labute approximate surface area is 153 Å². The van der Waals surface area contributed by atoms with E-state index in [9.17, 15) is 9.59 Å². The second kappa shape index (κ2) is 8.56. The van der Waals surface area contributed by atoms with Gasteiger partial charge in [0, 0.05) is 12.2 Å². The monoisotopic (exact) mass is 358 g/mol. The first-order valence-corrected chi connectivity index (χ1v) is 9.66. The van der Waals surface area contributed by atoms with Gasteiger partial charge in [0.25, 0.3) is 0 Å². The van der Waals surface area contributed by atoms with Crippen LogP contribution in [0.1, 0.15) is 18.9 Å². The van der Waals surface area contributed by atoms with Gasteiger partial charge in [0.2, 0.25) is 0 Å². The fourth-order valence-electron chi connectivity index (χ4n) is 3.21. The van der Waals surface area contributed by atoms with Gasteiger partial charge in [-0.1, -0.05) is 42.0 Å². The van der Waals surface area contributed by atoms with E-state index in [1.165, 1.54) is 6.42 Å². The SMILES string of the molecule is C[C@@H]1[CH][C@@H](C(=O)OCc2ccccc2)[C@@H]2CCSC/C2=C/[CH]C(=O)O1. The Balaban J connectivity index is 1.75. The Morgan fingerprint density at radius 1 is 1.32 bits per heavy atom. The molecular weight excluding hydrogens is 336 g/mol. The predicted octanol–water partition coefficient (Wildman–Crippen LogP) is 3.38. The highest BCUT2D eigenvalue weighted by Crippen LogP contribution is 2.37. The number of carbonyl (C=O) groups excluding carboxylic acids is 2. The molecule has 3 rings (SSSR count). The fourth-order valence-corrected chi connectivity index (χ4v) is 4.32. The van der Waals surface area contributed by atoms with Gasteiger partial charge in [-0.15, -0.1) is 0 Å². The second-order valence-corrected chi connectivity index (χ2v) is 7.41. The molecule has 2 aliphatic rings. The van der Waals surface area contributed by atoms with Crippen LogP contribution in [0.2, 0.25) is 0 Å². The van der Waals surface area contributed by atoms with Crippen LogP contribution in [0.15, 0.2) is 42.0 Å². The van der Waals surface area contributed by atoms with Crippen LogP contribution in [-0.2, 0) is 25.7 Å². The molecule has 1 saturated heterocycles. The Bertz CT molecular complexity index is 640. The lowest BCUT2D eigenvalue weighted by Crippen LogP contribution is -2.33. The van der Waals surface area contributed by atoms with Crippen LogP contribution in [0.25, 0.3) is 0 Å². The van der Waals surface area contributed by atoms with Crippen molar-refractivity contribution in [1.29, 1.82) is 0 Å². The second-order valence-electron chi connectivity index (χ2n) is 6.31. The lowest BCUT2D eigenvalue weighted by molar-refractivity contribution is -0.152. The summed E-state index contributed by atoms with van der Waals surface area (Å²) < 4.78 is 10.9. The standard InChI is InChI=1S/C20H22O4S/c1-14-11-18(20(22)23-12-15-5-3-2-4-6-15)17-9-10-25-13-16(17)7-8-19(21)24-14/h2-8,11,14,17-18H,9-10,12-13H2,1H3/b16-7-/t14-,17-,18-/m1/s1. The molecule has 0 unspecified atom stereocenters. The van der Waals surface area contributed by atoms with E-state index in [1.807, 2.05) is 54.6 Å². The maximum atomic E-state index is 12.8. The molecule has 0 aromatic heterocycles. The Morgan fingerprint density at radius 2 is 2.12 bits per heavy atom. The fraction of sp³-hybridized carbons (Fsp3) is 0.400. The van der Waals surface area contributed by atoms with Crippen LogP contribution in [0, 0.1) is 24.7 Å². The number of thioether (sulfide) groups is 1. The minimum Gasteiger partial charge on any atom is -0.462 e. The number of rotatable bonds is 3. The lowest BCUT2D eigenvalue weighted by Gasteiger charge is -2.31. The van der Waals surface area contributed by atoms with E-state index in [-0.39, 0.29) is 24.5 Å². The summed E-state index contributed by atoms with van der Waals surface area (Å²) in [5.41, 5.74) is 2.07. The average molecular weight is 358 g/mol. The van der Waals surface area contributed by atoms with Crippen molar-refractivity contribution in [1.82, 2.24) is 0 Å². The molecule has 0 aliphatic carbocycles. The summed E-state index contributed by atoms with van der Waals surface area (Å²) in [6.07, 6.45) is 5.57. The average Bonchev–Trinajstić information content (AvgIpc) is 2.69. The Kier molecular flexibility index (Phi) is 6.19. The summed E-state index contributed by atoms with van der Waals surface area (Å²) in [6, 6.07) is 9.64. The van der Waals surface area contributed by atoms with Gasteiger partial charge in [-0.2, -0.15) is 11.8 Å². The first-order chi connectivity index (χ1) is 12.1. The summed E-state index contributed by atoms with van der Waals surface area (Å²) in [6.45, 7) is 2.04. The number of cyclic esters (lactones) is 1. The molecule has 0 bridgehead atoms. The lowest BCUT2D eigenvalue weighted by atomic mass is 9.80. The third-order valence-corrected chi connectivity index (χ3v) is 5.52. The largest absolute Gasteiger partial charge is 0.462 e. The number of carbonyl (C=O) groups is 2. The zero-order valence-electron chi connectivity index (χ0n) is 14.2. The number of hydrogen-bond donors (Lipinski definition) is 0. The molecule has 25 heavy (non-hydrogen) atoms.